The van der Waals surface area contributed by atoms with Gasteiger partial charge in [0.25, 0.3) is 0 Å². The van der Waals surface area contributed by atoms with Gasteiger partial charge in [-0.25, -0.2) is 5.57 Å². The van der Waals surface area contributed by atoms with Gasteiger partial charge in [-0.1, -0.05) is 38.8 Å². The van der Waals surface area contributed by atoms with Crippen LogP contribution in [0.5, 0.6) is 11.5 Å². The van der Waals surface area contributed by atoms with E-state index in [0.29, 0.717) is 5.92 Å². The fraction of sp³-hybridized carbons (Fsp3) is 0.321. The number of halogens is 2. The number of rotatable bonds is 3. The van der Waals surface area contributed by atoms with E-state index in [4.69, 9.17) is 9.47 Å². The Hall–Kier alpha value is -1.19. The Balaban J connectivity index is 0.000000614. The van der Waals surface area contributed by atoms with Crippen molar-refractivity contribution in [1.29, 1.82) is 0 Å². The van der Waals surface area contributed by atoms with Crippen molar-refractivity contribution >= 4 is 41.0 Å². The van der Waals surface area contributed by atoms with Gasteiger partial charge in [-0.3, -0.25) is 6.08 Å². The molecule has 34 heavy (non-hydrogen) atoms. The standard InChI is InChI=1S/C17H15O2.C9H13.C2H6Si.2ClH.Zr/c1-18-15-8-5-9-16(19-2)17(15)14-11-10-12-6-3-4-7-13(12)14;1-6-5-7(2)9(4)8(6)3;1-3-2;;;/h3-11H,1-2H3;6H,1-4H3;1-2H3;2*1H;/q2*-1;;;;+2. The summed E-state index contributed by atoms with van der Waals surface area (Å²) in [5.74, 6) is 2.22. The molecule has 0 bridgehead atoms. The number of fused-ring (bicyclic) bond motifs is 1. The molecule has 0 fully saturated rings. The number of hydrogen-bond donors (Lipinski definition) is 0. The van der Waals surface area contributed by atoms with Crippen LogP contribution < -0.4 is 9.47 Å². The minimum Gasteiger partial charge on any atom is -0.147 e. The molecule has 0 radical (unpaired) electrons. The predicted molar refractivity (Wildman–Crippen MR) is 150 cm³/mol. The SMILES string of the molecule is CC1=[C-]C(C)C(C)=C1C.COc1cccc(OC)c1-c1c[cH-]c2ccccc12.C[Si](C)=[Zr+2].Cl.Cl. The van der Waals surface area contributed by atoms with E-state index in [9.17, 15) is 0 Å². The fourth-order valence-electron chi connectivity index (χ4n) is 3.65. The van der Waals surface area contributed by atoms with E-state index >= 15 is 0 Å². The Labute approximate surface area is 233 Å². The second kappa shape index (κ2) is 15.7. The summed E-state index contributed by atoms with van der Waals surface area (Å²) >= 11 is 1.74. The minimum atomic E-state index is 0. The fourth-order valence-corrected chi connectivity index (χ4v) is 3.65. The zero-order valence-electron chi connectivity index (χ0n) is 21.4. The molecule has 3 aromatic carbocycles. The van der Waals surface area contributed by atoms with E-state index in [1.54, 1.807) is 37.6 Å². The number of methoxy groups -OCH3 is 2. The van der Waals surface area contributed by atoms with E-state index in [2.05, 4.69) is 71.1 Å². The van der Waals surface area contributed by atoms with Crippen LogP contribution in [0.25, 0.3) is 21.9 Å². The molecule has 0 heterocycles. The van der Waals surface area contributed by atoms with Crippen LogP contribution >= 0.6 is 24.8 Å². The van der Waals surface area contributed by atoms with Crippen LogP contribution in [0, 0.1) is 12.0 Å². The van der Waals surface area contributed by atoms with Gasteiger partial charge in [0.05, 0.1) is 14.2 Å². The van der Waals surface area contributed by atoms with Crippen molar-refractivity contribution in [3.8, 4) is 22.6 Å². The van der Waals surface area contributed by atoms with E-state index < -0.39 is 0 Å². The first-order valence-corrected chi connectivity index (χ1v) is 17.0. The third-order valence-corrected chi connectivity index (χ3v) is 5.61. The van der Waals surface area contributed by atoms with Crippen LogP contribution in [0.3, 0.4) is 0 Å². The van der Waals surface area contributed by atoms with Gasteiger partial charge in [-0.05, 0) is 12.1 Å². The van der Waals surface area contributed by atoms with Crippen molar-refractivity contribution < 1.29 is 32.8 Å². The van der Waals surface area contributed by atoms with Crippen LogP contribution in [-0.4, -0.2) is 19.7 Å². The number of benzene rings is 2. The molecule has 1 atom stereocenters. The van der Waals surface area contributed by atoms with Crippen molar-refractivity contribution in [3.63, 3.8) is 0 Å². The van der Waals surface area contributed by atoms with Gasteiger partial charge in [-0.2, -0.15) is 11.1 Å². The van der Waals surface area contributed by atoms with Crippen molar-refractivity contribution in [2.24, 2.45) is 5.92 Å². The molecule has 0 spiro atoms. The molecule has 182 valence electrons. The summed E-state index contributed by atoms with van der Waals surface area (Å²) in [6, 6.07) is 18.4. The van der Waals surface area contributed by atoms with Crippen LogP contribution in [0.2, 0.25) is 13.1 Å². The van der Waals surface area contributed by atoms with E-state index in [1.165, 1.54) is 27.5 Å². The molecule has 0 N–H and O–H groups in total. The summed E-state index contributed by atoms with van der Waals surface area (Å²) in [7, 11) is 3.37. The third kappa shape index (κ3) is 8.48. The van der Waals surface area contributed by atoms with Crippen molar-refractivity contribution in [2.75, 3.05) is 14.2 Å². The monoisotopic (exact) mass is 592 g/mol. The summed E-state index contributed by atoms with van der Waals surface area (Å²) in [5.41, 5.74) is 6.61. The Kier molecular flexibility index (Phi) is 15.2. The molecular weight excluding hydrogens is 559 g/mol. The van der Waals surface area contributed by atoms with Gasteiger partial charge in [0.2, 0.25) is 0 Å². The second-order valence-electron chi connectivity index (χ2n) is 8.17. The Morgan fingerprint density at radius 3 is 1.85 bits per heavy atom. The predicted octanol–water partition coefficient (Wildman–Crippen LogP) is 8.59. The summed E-state index contributed by atoms with van der Waals surface area (Å²) in [4.78, 5) is 0. The van der Waals surface area contributed by atoms with Gasteiger partial charge in [0.1, 0.15) is 11.5 Å². The molecule has 4 rings (SSSR count). The van der Waals surface area contributed by atoms with Crippen LogP contribution in [0.1, 0.15) is 27.7 Å². The first kappa shape index (κ1) is 32.8. The molecule has 1 aliphatic carbocycles. The quantitative estimate of drug-likeness (QED) is 0.223. The molecule has 0 saturated heterocycles. The summed E-state index contributed by atoms with van der Waals surface area (Å²) in [6.45, 7) is 13.3. The van der Waals surface area contributed by atoms with E-state index in [1.807, 2.05) is 30.3 Å². The molecule has 0 aliphatic heterocycles. The van der Waals surface area contributed by atoms with Crippen LogP contribution in [0.4, 0.5) is 0 Å². The summed E-state index contributed by atoms with van der Waals surface area (Å²) in [6.07, 6.45) is 3.36. The smallest absolute Gasteiger partial charge is 0.147 e. The molecule has 0 saturated carbocycles. The normalized spacial score (nSPS) is 13.9. The number of allylic oxidation sites excluding steroid dienone is 4. The average Bonchev–Trinajstić information content (AvgIpc) is 3.29. The number of ether oxygens (including phenoxy) is 2. The van der Waals surface area contributed by atoms with Crippen molar-refractivity contribution in [3.05, 3.63) is 77.4 Å². The van der Waals surface area contributed by atoms with Gasteiger partial charge >= 0.3 is 41.9 Å². The maximum atomic E-state index is 5.48. The van der Waals surface area contributed by atoms with Crippen LogP contribution in [0.15, 0.2) is 71.3 Å². The first-order valence-electron chi connectivity index (χ1n) is 10.9. The largest absolute Gasteiger partial charge is 0.147 e. The van der Waals surface area contributed by atoms with Crippen molar-refractivity contribution in [1.82, 2.24) is 0 Å². The summed E-state index contributed by atoms with van der Waals surface area (Å²) < 4.78 is 11.0. The molecule has 6 heteroatoms. The Morgan fingerprint density at radius 2 is 1.44 bits per heavy atom. The Bertz CT molecular complexity index is 1120. The topological polar surface area (TPSA) is 18.5 Å². The molecular formula is C28H36Cl2O2SiZr. The molecule has 1 aliphatic rings. The van der Waals surface area contributed by atoms with Gasteiger partial charge < -0.3 is 9.47 Å². The zero-order chi connectivity index (χ0) is 23.8. The average molecular weight is 595 g/mol. The van der Waals surface area contributed by atoms with Gasteiger partial charge in [-0.15, -0.1) is 78.4 Å². The van der Waals surface area contributed by atoms with Crippen LogP contribution in [-0.2, 0) is 23.3 Å². The molecule has 1 unspecified atom stereocenters. The minimum absolute atomic E-state index is 0. The third-order valence-electron chi connectivity index (χ3n) is 5.61. The van der Waals surface area contributed by atoms with E-state index in [-0.39, 0.29) is 30.2 Å². The first-order chi connectivity index (χ1) is 15.2. The maximum absolute atomic E-state index is 5.48. The van der Waals surface area contributed by atoms with Crippen molar-refractivity contribution in [2.45, 2.75) is 40.8 Å². The molecule has 3 aromatic rings. The Morgan fingerprint density at radius 1 is 0.912 bits per heavy atom. The maximum Gasteiger partial charge on any atom is -0.147 e. The van der Waals surface area contributed by atoms with Gasteiger partial charge in [0.15, 0.2) is 0 Å². The second-order valence-corrected chi connectivity index (χ2v) is 17.5. The van der Waals surface area contributed by atoms with E-state index in [0.717, 1.165) is 22.6 Å². The van der Waals surface area contributed by atoms with Gasteiger partial charge in [0, 0.05) is 5.56 Å². The zero-order valence-corrected chi connectivity index (χ0v) is 26.5. The molecule has 2 nitrogen and oxygen atoms in total. The number of hydrogen-bond acceptors (Lipinski definition) is 2. The molecule has 0 aromatic heterocycles. The molecule has 0 amide bonds. The summed E-state index contributed by atoms with van der Waals surface area (Å²) in [5, 5.41) is 2.44.